The maximum absolute atomic E-state index is 8.59. The van der Waals surface area contributed by atoms with Crippen molar-refractivity contribution < 1.29 is 10.1 Å². The number of hydrogen-bond donors (Lipinski definition) is 1. The second-order valence-electron chi connectivity index (χ2n) is 3.23. The molecule has 0 aliphatic carbocycles. The summed E-state index contributed by atoms with van der Waals surface area (Å²) < 4.78 is 0. The van der Waals surface area contributed by atoms with Crippen molar-refractivity contribution in [2.45, 2.75) is 26.7 Å². The standard InChI is InChI=1S/C10H14O2/c1-7(2)10-8(3)5-4-6-9(10)12-11/h4-7,11H,1-3H3. The van der Waals surface area contributed by atoms with Gasteiger partial charge in [-0.3, -0.25) is 0 Å². The Balaban J connectivity index is 3.20. The fourth-order valence-electron chi connectivity index (χ4n) is 1.47. The van der Waals surface area contributed by atoms with E-state index in [0.717, 1.165) is 11.1 Å². The quantitative estimate of drug-likeness (QED) is 0.540. The van der Waals surface area contributed by atoms with Crippen LogP contribution in [0.25, 0.3) is 0 Å². The van der Waals surface area contributed by atoms with E-state index in [4.69, 9.17) is 5.26 Å². The van der Waals surface area contributed by atoms with Crippen LogP contribution in [0.1, 0.15) is 30.9 Å². The predicted octanol–water partition coefficient (Wildman–Crippen LogP) is 2.97. The Bertz CT molecular complexity index is 267. The maximum atomic E-state index is 8.59. The molecule has 0 spiro atoms. The second kappa shape index (κ2) is 3.59. The molecule has 0 radical (unpaired) electrons. The summed E-state index contributed by atoms with van der Waals surface area (Å²) in [5, 5.41) is 8.59. The van der Waals surface area contributed by atoms with E-state index in [1.807, 2.05) is 19.1 Å². The summed E-state index contributed by atoms with van der Waals surface area (Å²) in [6.07, 6.45) is 0. The van der Waals surface area contributed by atoms with Crippen LogP contribution in [0.2, 0.25) is 0 Å². The van der Waals surface area contributed by atoms with E-state index in [1.54, 1.807) is 6.07 Å². The molecule has 2 heteroatoms. The third-order valence-electron chi connectivity index (χ3n) is 1.96. The molecule has 1 aromatic rings. The Hall–Kier alpha value is -1.02. The van der Waals surface area contributed by atoms with Gasteiger partial charge in [0.05, 0.1) is 0 Å². The summed E-state index contributed by atoms with van der Waals surface area (Å²) in [5.41, 5.74) is 2.22. The summed E-state index contributed by atoms with van der Waals surface area (Å²) in [6, 6.07) is 5.65. The molecule has 0 saturated heterocycles. The van der Waals surface area contributed by atoms with Crippen LogP contribution in [0.15, 0.2) is 18.2 Å². The first kappa shape index (κ1) is 9.07. The summed E-state index contributed by atoms with van der Waals surface area (Å²) in [7, 11) is 0. The first-order valence-corrected chi connectivity index (χ1v) is 4.07. The summed E-state index contributed by atoms with van der Waals surface area (Å²) in [5.74, 6) is 0.929. The third-order valence-corrected chi connectivity index (χ3v) is 1.96. The van der Waals surface area contributed by atoms with Gasteiger partial charge in [0.2, 0.25) is 0 Å². The van der Waals surface area contributed by atoms with Crippen molar-refractivity contribution in [1.29, 1.82) is 0 Å². The van der Waals surface area contributed by atoms with Crippen molar-refractivity contribution in [3.8, 4) is 5.75 Å². The molecule has 0 atom stereocenters. The van der Waals surface area contributed by atoms with Gasteiger partial charge in [0.15, 0.2) is 5.75 Å². The van der Waals surface area contributed by atoms with Gasteiger partial charge in [-0.2, -0.15) is 0 Å². The largest absolute Gasteiger partial charge is 0.340 e. The molecule has 0 unspecified atom stereocenters. The average Bonchev–Trinajstić information content (AvgIpc) is 2.03. The Morgan fingerprint density at radius 3 is 2.42 bits per heavy atom. The molecule has 1 aromatic carbocycles. The molecular weight excluding hydrogens is 152 g/mol. The molecule has 66 valence electrons. The molecule has 0 bridgehead atoms. The Labute approximate surface area is 72.7 Å². The fourth-order valence-corrected chi connectivity index (χ4v) is 1.47. The van der Waals surface area contributed by atoms with Crippen molar-refractivity contribution in [3.63, 3.8) is 0 Å². The molecule has 0 aliphatic heterocycles. The topological polar surface area (TPSA) is 29.5 Å². The van der Waals surface area contributed by atoms with Gasteiger partial charge in [0.1, 0.15) is 0 Å². The smallest absolute Gasteiger partial charge is 0.168 e. The first-order valence-electron chi connectivity index (χ1n) is 4.07. The zero-order chi connectivity index (χ0) is 9.14. The SMILES string of the molecule is Cc1cccc(OO)c1C(C)C. The monoisotopic (exact) mass is 166 g/mol. The minimum Gasteiger partial charge on any atom is -0.340 e. The number of rotatable bonds is 2. The van der Waals surface area contributed by atoms with Gasteiger partial charge in [-0.25, -0.2) is 5.26 Å². The van der Waals surface area contributed by atoms with Crippen LogP contribution in [0.4, 0.5) is 0 Å². The lowest BCUT2D eigenvalue weighted by molar-refractivity contribution is -0.138. The lowest BCUT2D eigenvalue weighted by Gasteiger charge is -2.12. The zero-order valence-electron chi connectivity index (χ0n) is 7.66. The predicted molar refractivity (Wildman–Crippen MR) is 48.5 cm³/mol. The highest BCUT2D eigenvalue weighted by Crippen LogP contribution is 2.28. The fraction of sp³-hybridized carbons (Fsp3) is 0.400. The molecule has 0 amide bonds. The minimum atomic E-state index is 0.369. The van der Waals surface area contributed by atoms with E-state index in [9.17, 15) is 0 Å². The van der Waals surface area contributed by atoms with Crippen LogP contribution in [0.3, 0.4) is 0 Å². The molecule has 0 aliphatic rings. The summed E-state index contributed by atoms with van der Waals surface area (Å²) in [4.78, 5) is 4.29. The van der Waals surface area contributed by atoms with Crippen molar-refractivity contribution in [2.24, 2.45) is 0 Å². The van der Waals surface area contributed by atoms with E-state index in [0.29, 0.717) is 11.7 Å². The Morgan fingerprint density at radius 2 is 2.00 bits per heavy atom. The van der Waals surface area contributed by atoms with Crippen LogP contribution in [0, 0.1) is 6.92 Å². The van der Waals surface area contributed by atoms with Gasteiger partial charge < -0.3 is 4.89 Å². The molecule has 12 heavy (non-hydrogen) atoms. The molecule has 0 aromatic heterocycles. The van der Waals surface area contributed by atoms with Crippen LogP contribution >= 0.6 is 0 Å². The molecular formula is C10H14O2. The Morgan fingerprint density at radius 1 is 1.33 bits per heavy atom. The van der Waals surface area contributed by atoms with E-state index >= 15 is 0 Å². The molecule has 0 fully saturated rings. The minimum absolute atomic E-state index is 0.369. The Kier molecular flexibility index (Phi) is 2.71. The van der Waals surface area contributed by atoms with Crippen molar-refractivity contribution in [2.75, 3.05) is 0 Å². The van der Waals surface area contributed by atoms with Gasteiger partial charge in [-0.1, -0.05) is 26.0 Å². The van der Waals surface area contributed by atoms with E-state index in [2.05, 4.69) is 18.7 Å². The molecule has 1 N–H and O–H groups in total. The van der Waals surface area contributed by atoms with E-state index in [1.165, 1.54) is 0 Å². The van der Waals surface area contributed by atoms with Crippen LogP contribution < -0.4 is 4.89 Å². The van der Waals surface area contributed by atoms with Crippen molar-refractivity contribution in [1.82, 2.24) is 0 Å². The van der Waals surface area contributed by atoms with Gasteiger partial charge in [0.25, 0.3) is 0 Å². The normalized spacial score (nSPS) is 10.4. The summed E-state index contributed by atoms with van der Waals surface area (Å²) in [6.45, 7) is 6.16. The number of aryl methyl sites for hydroxylation is 1. The number of hydrogen-bond acceptors (Lipinski definition) is 2. The summed E-state index contributed by atoms with van der Waals surface area (Å²) >= 11 is 0. The molecule has 2 nitrogen and oxygen atoms in total. The average molecular weight is 166 g/mol. The second-order valence-corrected chi connectivity index (χ2v) is 3.23. The highest BCUT2D eigenvalue weighted by molar-refractivity contribution is 5.41. The number of benzene rings is 1. The van der Waals surface area contributed by atoms with Gasteiger partial charge in [0, 0.05) is 5.56 Å². The molecule has 0 saturated carbocycles. The van der Waals surface area contributed by atoms with Crippen molar-refractivity contribution >= 4 is 0 Å². The van der Waals surface area contributed by atoms with Gasteiger partial charge in [-0.05, 0) is 24.5 Å². The molecule has 0 heterocycles. The zero-order valence-corrected chi connectivity index (χ0v) is 7.66. The lowest BCUT2D eigenvalue weighted by atomic mass is 9.97. The van der Waals surface area contributed by atoms with Gasteiger partial charge in [-0.15, -0.1) is 0 Å². The van der Waals surface area contributed by atoms with Gasteiger partial charge >= 0.3 is 0 Å². The van der Waals surface area contributed by atoms with E-state index < -0.39 is 0 Å². The van der Waals surface area contributed by atoms with Crippen LogP contribution in [-0.2, 0) is 0 Å². The first-order chi connectivity index (χ1) is 5.66. The van der Waals surface area contributed by atoms with Crippen LogP contribution in [0.5, 0.6) is 5.75 Å². The van der Waals surface area contributed by atoms with Crippen LogP contribution in [-0.4, -0.2) is 5.26 Å². The lowest BCUT2D eigenvalue weighted by Crippen LogP contribution is -1.97. The highest BCUT2D eigenvalue weighted by Gasteiger charge is 2.09. The maximum Gasteiger partial charge on any atom is 0.168 e. The third kappa shape index (κ3) is 1.59. The molecule has 1 rings (SSSR count). The van der Waals surface area contributed by atoms with Crippen molar-refractivity contribution in [3.05, 3.63) is 29.3 Å². The van der Waals surface area contributed by atoms with E-state index in [-0.39, 0.29) is 0 Å². The highest BCUT2D eigenvalue weighted by atomic mass is 17.1.